The van der Waals surface area contributed by atoms with Gasteiger partial charge in [0.2, 0.25) is 11.8 Å². The summed E-state index contributed by atoms with van der Waals surface area (Å²) in [4.78, 5) is 15.4. The van der Waals surface area contributed by atoms with Gasteiger partial charge in [0.05, 0.1) is 17.7 Å². The minimum Gasteiger partial charge on any atom is -0.484 e. The van der Waals surface area contributed by atoms with Crippen LogP contribution in [-0.2, 0) is 15.7 Å². The van der Waals surface area contributed by atoms with Crippen molar-refractivity contribution in [2.75, 3.05) is 13.2 Å². The van der Waals surface area contributed by atoms with Crippen molar-refractivity contribution >= 4 is 17.5 Å². The zero-order chi connectivity index (χ0) is 24.3. The van der Waals surface area contributed by atoms with Gasteiger partial charge in [0.15, 0.2) is 6.61 Å². The summed E-state index contributed by atoms with van der Waals surface area (Å²) < 4.78 is 68.5. The van der Waals surface area contributed by atoms with E-state index in [9.17, 15) is 22.4 Å². The molecule has 3 aromatic rings. The Hall–Kier alpha value is -3.25. The molecule has 180 valence electrons. The van der Waals surface area contributed by atoms with E-state index in [1.54, 1.807) is 0 Å². The monoisotopic (exact) mass is 500 g/mol. The number of amides is 1. The van der Waals surface area contributed by atoms with Crippen LogP contribution in [0.2, 0.25) is 5.02 Å². The molecule has 1 aromatic carbocycles. The quantitative estimate of drug-likeness (QED) is 0.502. The van der Waals surface area contributed by atoms with Gasteiger partial charge in [-0.15, -0.1) is 10.2 Å². The van der Waals surface area contributed by atoms with E-state index in [2.05, 4.69) is 20.5 Å². The highest BCUT2D eigenvalue weighted by molar-refractivity contribution is 6.30. The molecule has 2 atom stereocenters. The Morgan fingerprint density at radius 2 is 2.03 bits per heavy atom. The lowest BCUT2D eigenvalue weighted by Gasteiger charge is -2.27. The first-order chi connectivity index (χ1) is 16.2. The van der Waals surface area contributed by atoms with Crippen LogP contribution in [0, 0.1) is 5.82 Å². The Kier molecular flexibility index (Phi) is 6.98. The van der Waals surface area contributed by atoms with E-state index in [-0.39, 0.29) is 47.4 Å². The lowest BCUT2D eigenvalue weighted by Crippen LogP contribution is -2.43. The van der Waals surface area contributed by atoms with E-state index in [0.29, 0.717) is 12.8 Å². The average molecular weight is 501 g/mol. The second-order valence-electron chi connectivity index (χ2n) is 7.40. The Labute approximate surface area is 195 Å². The van der Waals surface area contributed by atoms with Crippen molar-refractivity contribution in [3.05, 3.63) is 59.0 Å². The van der Waals surface area contributed by atoms with Crippen LogP contribution in [0.25, 0.3) is 11.5 Å². The number of benzene rings is 1. The van der Waals surface area contributed by atoms with Crippen LogP contribution in [0.15, 0.2) is 40.9 Å². The zero-order valence-electron chi connectivity index (χ0n) is 17.3. The number of hydrogen-bond acceptors (Lipinski definition) is 7. The van der Waals surface area contributed by atoms with Crippen LogP contribution in [0.5, 0.6) is 5.75 Å². The van der Waals surface area contributed by atoms with Crippen molar-refractivity contribution in [1.82, 2.24) is 20.5 Å². The van der Waals surface area contributed by atoms with Gasteiger partial charge < -0.3 is 19.2 Å². The van der Waals surface area contributed by atoms with Crippen molar-refractivity contribution < 1.29 is 36.2 Å². The lowest BCUT2D eigenvalue weighted by atomic mass is 10.0. The standard InChI is InChI=1S/C21H17ClF4N4O4/c22-14-3-2-13(8-15(14)23)32-10-18(31)28-12-1-4-16(33-9-12)20-30-29-19(34-20)11-5-6-27-17(7-11)21(24,25)26/h2-3,5-8,12,16H,1,4,9-10H2,(H,28,31)/t12-,16-/m0/s1. The fraction of sp³-hybridized carbons (Fsp3) is 0.333. The van der Waals surface area contributed by atoms with Gasteiger partial charge in [-0.2, -0.15) is 13.2 Å². The summed E-state index contributed by atoms with van der Waals surface area (Å²) in [6.45, 7) is -0.170. The summed E-state index contributed by atoms with van der Waals surface area (Å²) >= 11 is 5.60. The predicted octanol–water partition coefficient (Wildman–Crippen LogP) is 4.36. The highest BCUT2D eigenvalue weighted by Crippen LogP contribution is 2.32. The lowest BCUT2D eigenvalue weighted by molar-refractivity contribution is -0.141. The highest BCUT2D eigenvalue weighted by atomic mass is 35.5. The third-order valence-corrected chi connectivity index (χ3v) is 5.22. The molecule has 8 nitrogen and oxygen atoms in total. The van der Waals surface area contributed by atoms with E-state index in [1.165, 1.54) is 18.2 Å². The van der Waals surface area contributed by atoms with Gasteiger partial charge in [0, 0.05) is 17.8 Å². The van der Waals surface area contributed by atoms with Crippen molar-refractivity contribution in [3.8, 4) is 17.2 Å². The van der Waals surface area contributed by atoms with Gasteiger partial charge in [-0.3, -0.25) is 9.78 Å². The van der Waals surface area contributed by atoms with E-state index >= 15 is 0 Å². The minimum absolute atomic E-state index is 0.0501. The molecule has 13 heteroatoms. The average Bonchev–Trinajstić information content (AvgIpc) is 3.30. The van der Waals surface area contributed by atoms with Gasteiger partial charge in [0.25, 0.3) is 5.91 Å². The molecule has 1 N–H and O–H groups in total. The number of rotatable bonds is 6. The molecule has 0 saturated carbocycles. The molecule has 1 amide bonds. The maximum Gasteiger partial charge on any atom is 0.433 e. The van der Waals surface area contributed by atoms with Crippen LogP contribution in [0.1, 0.15) is 30.5 Å². The van der Waals surface area contributed by atoms with Crippen LogP contribution in [0.3, 0.4) is 0 Å². The maximum absolute atomic E-state index is 13.4. The van der Waals surface area contributed by atoms with Crippen molar-refractivity contribution in [1.29, 1.82) is 0 Å². The summed E-state index contributed by atoms with van der Waals surface area (Å²) in [5.74, 6) is -0.863. The number of pyridine rings is 1. The fourth-order valence-corrected chi connectivity index (χ4v) is 3.36. The Morgan fingerprint density at radius 1 is 1.21 bits per heavy atom. The zero-order valence-corrected chi connectivity index (χ0v) is 18.1. The number of aromatic nitrogens is 3. The summed E-state index contributed by atoms with van der Waals surface area (Å²) in [5, 5.41) is 10.4. The highest BCUT2D eigenvalue weighted by Gasteiger charge is 2.33. The number of ether oxygens (including phenoxy) is 2. The largest absolute Gasteiger partial charge is 0.484 e. The molecule has 0 unspecified atom stereocenters. The van der Waals surface area contributed by atoms with E-state index in [4.69, 9.17) is 25.5 Å². The number of nitrogens with zero attached hydrogens (tertiary/aromatic N) is 3. The van der Waals surface area contributed by atoms with E-state index < -0.39 is 29.7 Å². The van der Waals surface area contributed by atoms with Crippen LogP contribution in [0.4, 0.5) is 17.6 Å². The number of nitrogens with one attached hydrogen (secondary N) is 1. The summed E-state index contributed by atoms with van der Waals surface area (Å²) in [7, 11) is 0. The van der Waals surface area contributed by atoms with Crippen LogP contribution in [-0.4, -0.2) is 40.3 Å². The molecular weight excluding hydrogens is 484 g/mol. The maximum atomic E-state index is 13.4. The summed E-state index contributed by atoms with van der Waals surface area (Å²) in [6.07, 6.45) is -3.19. The molecular formula is C21H17ClF4N4O4. The Balaban J connectivity index is 1.27. The summed E-state index contributed by atoms with van der Waals surface area (Å²) in [5.41, 5.74) is -0.981. The third-order valence-electron chi connectivity index (χ3n) is 4.92. The fourth-order valence-electron chi connectivity index (χ4n) is 3.24. The molecule has 1 saturated heterocycles. The van der Waals surface area contributed by atoms with Crippen molar-refractivity contribution in [2.45, 2.75) is 31.2 Å². The van der Waals surface area contributed by atoms with Crippen LogP contribution >= 0.6 is 11.6 Å². The molecule has 34 heavy (non-hydrogen) atoms. The van der Waals surface area contributed by atoms with Gasteiger partial charge in [-0.05, 0) is 37.1 Å². The minimum atomic E-state index is -4.60. The summed E-state index contributed by atoms with van der Waals surface area (Å²) in [6, 6.07) is 5.71. The predicted molar refractivity (Wildman–Crippen MR) is 109 cm³/mol. The first-order valence-corrected chi connectivity index (χ1v) is 10.4. The van der Waals surface area contributed by atoms with Gasteiger partial charge in [-0.25, -0.2) is 4.39 Å². The normalized spacial score (nSPS) is 18.5. The Bertz CT molecular complexity index is 1170. The SMILES string of the molecule is O=C(COc1ccc(Cl)c(F)c1)N[C@H]1CC[C@@H](c2nnc(-c3ccnc(C(F)(F)F)c3)o2)OC1. The number of alkyl halides is 3. The molecule has 1 aliphatic heterocycles. The first kappa shape index (κ1) is 23.9. The van der Waals surface area contributed by atoms with E-state index in [1.807, 2.05) is 0 Å². The molecule has 2 aromatic heterocycles. The molecule has 0 radical (unpaired) electrons. The van der Waals surface area contributed by atoms with Crippen molar-refractivity contribution in [2.24, 2.45) is 0 Å². The van der Waals surface area contributed by atoms with Gasteiger partial charge in [-0.1, -0.05) is 11.6 Å². The molecule has 0 spiro atoms. The van der Waals surface area contributed by atoms with E-state index in [0.717, 1.165) is 18.3 Å². The molecule has 0 aliphatic carbocycles. The molecule has 1 fully saturated rings. The number of hydrogen-bond donors (Lipinski definition) is 1. The second-order valence-corrected chi connectivity index (χ2v) is 7.81. The second kappa shape index (κ2) is 9.94. The Morgan fingerprint density at radius 3 is 2.74 bits per heavy atom. The third kappa shape index (κ3) is 5.81. The molecule has 0 bridgehead atoms. The first-order valence-electron chi connectivity index (χ1n) is 10.0. The topological polar surface area (TPSA) is 99.4 Å². The number of carbonyl (C=O) groups is 1. The molecule has 1 aliphatic rings. The number of halogens is 5. The molecule has 4 rings (SSSR count). The number of carbonyl (C=O) groups excluding carboxylic acids is 1. The van der Waals surface area contributed by atoms with Crippen LogP contribution < -0.4 is 10.1 Å². The van der Waals surface area contributed by atoms with Gasteiger partial charge in [0.1, 0.15) is 23.4 Å². The van der Waals surface area contributed by atoms with Crippen molar-refractivity contribution in [3.63, 3.8) is 0 Å². The smallest absolute Gasteiger partial charge is 0.433 e. The van der Waals surface area contributed by atoms with Gasteiger partial charge >= 0.3 is 6.18 Å². The molecule has 3 heterocycles.